The monoisotopic (exact) mass is 528 g/mol. The Kier molecular flexibility index (Phi) is 6.14. The Bertz CT molecular complexity index is 1200. The molecule has 1 spiro atoms. The smallest absolute Gasteiger partial charge is 0.410 e. The molecule has 11 heteroatoms. The zero-order valence-electron chi connectivity index (χ0n) is 23.1. The van der Waals surface area contributed by atoms with E-state index in [2.05, 4.69) is 15.0 Å². The maximum Gasteiger partial charge on any atom is 0.410 e. The van der Waals surface area contributed by atoms with E-state index in [1.165, 1.54) is 6.33 Å². The van der Waals surface area contributed by atoms with Crippen molar-refractivity contribution in [3.63, 3.8) is 0 Å². The average molecular weight is 529 g/mol. The number of carbonyl (C=O) groups is 1. The Labute approximate surface area is 223 Å². The molecule has 2 aromatic heterocycles. The molecule has 6 rings (SSSR count). The molecule has 0 unspecified atom stereocenters. The summed E-state index contributed by atoms with van der Waals surface area (Å²) in [4.78, 5) is 21.2. The molecule has 208 valence electrons. The van der Waals surface area contributed by atoms with Crippen LogP contribution in [-0.4, -0.2) is 91.9 Å². The first-order chi connectivity index (χ1) is 17.9. The Morgan fingerprint density at radius 2 is 1.87 bits per heavy atom. The number of piperidine rings is 1. The summed E-state index contributed by atoms with van der Waals surface area (Å²) in [7, 11) is 0. The standard InChI is InChI=1S/C27H40N6O5/c1-25(2,3)38-24(34)31-13-10-27(11-14-31)9-6-12-32(27)15-19-21-22(37-26(4,5)36-21)20(35-19)17-7-8-18-23(28)29-16-30-33(17)18/h7-8,16,19-22H,6,9-15H2,1-5H3,(H2,28,29,30)/t19-,20+,21-,22+/m1/s1. The number of hydrogen-bond acceptors (Lipinski definition) is 9. The number of rotatable bonds is 3. The van der Waals surface area contributed by atoms with Crippen molar-refractivity contribution < 1.29 is 23.7 Å². The number of ether oxygens (including phenoxy) is 4. The van der Waals surface area contributed by atoms with Gasteiger partial charge >= 0.3 is 6.09 Å². The first-order valence-corrected chi connectivity index (χ1v) is 13.8. The SMILES string of the molecule is CC(C)(C)OC(=O)N1CCC2(CCCN2C[C@H]2O[C@@H](c3ccc4c(N)ncnn34)[C@@H]3OC(C)(C)O[C@@H]32)CC1. The lowest BCUT2D eigenvalue weighted by Crippen LogP contribution is -2.56. The summed E-state index contributed by atoms with van der Waals surface area (Å²) < 4.78 is 27.0. The van der Waals surface area contributed by atoms with E-state index in [0.717, 1.165) is 50.0 Å². The van der Waals surface area contributed by atoms with E-state index < -0.39 is 11.4 Å². The maximum absolute atomic E-state index is 12.6. The summed E-state index contributed by atoms with van der Waals surface area (Å²) in [6.45, 7) is 12.8. The van der Waals surface area contributed by atoms with Gasteiger partial charge in [0.15, 0.2) is 11.6 Å². The van der Waals surface area contributed by atoms with Crippen LogP contribution in [0, 0.1) is 0 Å². The Morgan fingerprint density at radius 1 is 1.13 bits per heavy atom. The molecule has 4 aliphatic rings. The molecule has 38 heavy (non-hydrogen) atoms. The Morgan fingerprint density at radius 3 is 2.61 bits per heavy atom. The van der Waals surface area contributed by atoms with Crippen molar-refractivity contribution >= 4 is 17.4 Å². The Hall–Kier alpha value is -2.47. The molecule has 4 aliphatic heterocycles. The quantitative estimate of drug-likeness (QED) is 0.641. The Balaban J connectivity index is 1.19. The average Bonchev–Trinajstić information content (AvgIpc) is 3.57. The van der Waals surface area contributed by atoms with Gasteiger partial charge in [0.25, 0.3) is 0 Å². The van der Waals surface area contributed by atoms with Gasteiger partial charge in [-0.1, -0.05) is 0 Å². The second kappa shape index (κ2) is 9.04. The van der Waals surface area contributed by atoms with Gasteiger partial charge < -0.3 is 29.6 Å². The topological polar surface area (TPSA) is 117 Å². The van der Waals surface area contributed by atoms with Crippen molar-refractivity contribution in [3.8, 4) is 0 Å². The van der Waals surface area contributed by atoms with E-state index in [1.54, 1.807) is 4.52 Å². The van der Waals surface area contributed by atoms with E-state index in [4.69, 9.17) is 24.7 Å². The van der Waals surface area contributed by atoms with Crippen molar-refractivity contribution in [2.75, 3.05) is 31.9 Å². The number of likely N-dealkylation sites (tertiary alicyclic amines) is 2. The predicted octanol–water partition coefficient (Wildman–Crippen LogP) is 3.14. The zero-order chi connectivity index (χ0) is 26.9. The van der Waals surface area contributed by atoms with Crippen LogP contribution < -0.4 is 5.73 Å². The van der Waals surface area contributed by atoms with Crippen LogP contribution in [0.5, 0.6) is 0 Å². The van der Waals surface area contributed by atoms with Gasteiger partial charge in [-0.05, 0) is 79.0 Å². The zero-order valence-corrected chi connectivity index (χ0v) is 23.1. The van der Waals surface area contributed by atoms with Gasteiger partial charge in [0.05, 0.1) is 5.69 Å². The van der Waals surface area contributed by atoms with Crippen LogP contribution in [0.1, 0.15) is 72.1 Å². The molecule has 0 bridgehead atoms. The highest BCUT2D eigenvalue weighted by Gasteiger charge is 2.57. The van der Waals surface area contributed by atoms with E-state index >= 15 is 0 Å². The molecule has 0 aromatic carbocycles. The summed E-state index contributed by atoms with van der Waals surface area (Å²) in [6, 6.07) is 3.91. The molecule has 0 radical (unpaired) electrons. The minimum absolute atomic E-state index is 0.0634. The molecule has 4 atom stereocenters. The summed E-state index contributed by atoms with van der Waals surface area (Å²) in [5.74, 6) is -0.268. The molecule has 0 saturated carbocycles. The van der Waals surface area contributed by atoms with Crippen molar-refractivity contribution in [1.82, 2.24) is 24.4 Å². The number of aromatic nitrogens is 3. The number of nitrogen functional groups attached to an aromatic ring is 1. The summed E-state index contributed by atoms with van der Waals surface area (Å²) >= 11 is 0. The molecule has 2 N–H and O–H groups in total. The van der Waals surface area contributed by atoms with Crippen molar-refractivity contribution in [2.24, 2.45) is 0 Å². The minimum atomic E-state index is -0.696. The molecular formula is C27H40N6O5. The van der Waals surface area contributed by atoms with Crippen LogP contribution in [-0.2, 0) is 18.9 Å². The van der Waals surface area contributed by atoms with Gasteiger partial charge in [0.2, 0.25) is 0 Å². The summed E-state index contributed by atoms with van der Waals surface area (Å²) in [6.07, 6.45) is 4.42. The van der Waals surface area contributed by atoms with Crippen LogP contribution >= 0.6 is 0 Å². The summed E-state index contributed by atoms with van der Waals surface area (Å²) in [5.41, 5.74) is 7.29. The van der Waals surface area contributed by atoms with Crippen molar-refractivity contribution in [2.45, 2.75) is 102 Å². The van der Waals surface area contributed by atoms with Crippen molar-refractivity contribution in [1.29, 1.82) is 0 Å². The lowest BCUT2D eigenvalue weighted by molar-refractivity contribution is -0.191. The summed E-state index contributed by atoms with van der Waals surface area (Å²) in [5, 5.41) is 4.43. The third kappa shape index (κ3) is 4.53. The lowest BCUT2D eigenvalue weighted by Gasteiger charge is -2.46. The first-order valence-electron chi connectivity index (χ1n) is 13.8. The van der Waals surface area contributed by atoms with E-state index in [9.17, 15) is 4.79 Å². The number of anilines is 1. The maximum atomic E-state index is 12.6. The number of carbonyl (C=O) groups excluding carboxylic acids is 1. The largest absolute Gasteiger partial charge is 0.444 e. The molecular weight excluding hydrogens is 488 g/mol. The highest BCUT2D eigenvalue weighted by atomic mass is 16.8. The molecule has 2 aromatic rings. The van der Waals surface area contributed by atoms with Gasteiger partial charge in [-0.3, -0.25) is 4.90 Å². The third-order valence-electron chi connectivity index (χ3n) is 8.44. The van der Waals surface area contributed by atoms with Crippen LogP contribution in [0.2, 0.25) is 0 Å². The second-order valence-electron chi connectivity index (χ2n) is 12.6. The van der Waals surface area contributed by atoms with Gasteiger partial charge in [-0.2, -0.15) is 5.10 Å². The molecule has 6 heterocycles. The van der Waals surface area contributed by atoms with Gasteiger partial charge in [0, 0.05) is 25.2 Å². The molecule has 4 fully saturated rings. The van der Waals surface area contributed by atoms with Crippen molar-refractivity contribution in [3.05, 3.63) is 24.2 Å². The van der Waals surface area contributed by atoms with Crippen LogP contribution in [0.4, 0.5) is 10.6 Å². The third-order valence-corrected chi connectivity index (χ3v) is 8.44. The second-order valence-corrected chi connectivity index (χ2v) is 12.6. The number of hydrogen-bond donors (Lipinski definition) is 1. The molecule has 1 amide bonds. The highest BCUT2D eigenvalue weighted by Crippen LogP contribution is 2.47. The number of amides is 1. The molecule has 0 aliphatic carbocycles. The van der Waals surface area contributed by atoms with E-state index in [1.807, 2.05) is 51.7 Å². The molecule has 11 nitrogen and oxygen atoms in total. The molecule has 4 saturated heterocycles. The highest BCUT2D eigenvalue weighted by molar-refractivity contribution is 5.68. The number of nitrogens with zero attached hydrogens (tertiary/aromatic N) is 5. The fourth-order valence-electron chi connectivity index (χ4n) is 6.75. The van der Waals surface area contributed by atoms with Gasteiger partial charge in [0.1, 0.15) is 41.9 Å². The fraction of sp³-hybridized carbons (Fsp3) is 0.741. The number of fused-ring (bicyclic) bond motifs is 2. The van der Waals surface area contributed by atoms with Crippen LogP contribution in [0.25, 0.3) is 5.52 Å². The first kappa shape index (κ1) is 25.8. The minimum Gasteiger partial charge on any atom is -0.444 e. The lowest BCUT2D eigenvalue weighted by atomic mass is 9.84. The van der Waals surface area contributed by atoms with Gasteiger partial charge in [-0.15, -0.1) is 0 Å². The van der Waals surface area contributed by atoms with E-state index in [0.29, 0.717) is 18.9 Å². The fourth-order valence-corrected chi connectivity index (χ4v) is 6.75. The normalized spacial score (nSPS) is 30.8. The van der Waals surface area contributed by atoms with Gasteiger partial charge in [-0.25, -0.2) is 14.3 Å². The van der Waals surface area contributed by atoms with E-state index in [-0.39, 0.29) is 36.0 Å². The van der Waals surface area contributed by atoms with Crippen LogP contribution in [0.15, 0.2) is 18.5 Å². The predicted molar refractivity (Wildman–Crippen MR) is 139 cm³/mol. The van der Waals surface area contributed by atoms with Crippen LogP contribution in [0.3, 0.4) is 0 Å². The number of nitrogens with two attached hydrogens (primary N) is 1.